The summed E-state index contributed by atoms with van der Waals surface area (Å²) in [4.78, 5) is 10.4. The molecular weight excluding hydrogens is 811 g/mol. The van der Waals surface area contributed by atoms with E-state index in [4.69, 9.17) is 4.55 Å². The lowest BCUT2D eigenvalue weighted by molar-refractivity contribution is 0.0727. The molecule has 0 fully saturated rings. The van der Waals surface area contributed by atoms with Crippen molar-refractivity contribution < 1.29 is 48.8 Å². The third-order valence-corrected chi connectivity index (χ3v) is 8.55. The highest BCUT2D eigenvalue weighted by Crippen LogP contribution is 2.41. The van der Waals surface area contributed by atoms with Gasteiger partial charge < -0.3 is 4.74 Å². The summed E-state index contributed by atoms with van der Waals surface area (Å²) in [6.07, 6.45) is 0. The Morgan fingerprint density at radius 1 is 0.812 bits per heavy atom. The Morgan fingerprint density at radius 3 is 1.88 bits per heavy atom. The first-order valence-corrected chi connectivity index (χ1v) is 12.4. The van der Waals surface area contributed by atoms with Crippen LogP contribution >= 0.6 is 67.8 Å². The van der Waals surface area contributed by atoms with Gasteiger partial charge >= 0.3 is 5.97 Å². The number of halogens is 9. The first-order valence-electron chi connectivity index (χ1n) is 7.69. The SMILES string of the molecule is O=C(Oc1c(F)c(F)c(S(=O)(=O)O)c2c(F)c(F)c(F)c(F)c12)c1cc(I)cc(I)c1I. The van der Waals surface area contributed by atoms with Crippen molar-refractivity contribution in [2.24, 2.45) is 0 Å². The zero-order valence-corrected chi connectivity index (χ0v) is 21.8. The van der Waals surface area contributed by atoms with Gasteiger partial charge in [-0.2, -0.15) is 12.8 Å². The van der Waals surface area contributed by atoms with E-state index in [1.54, 1.807) is 28.7 Å². The second kappa shape index (κ2) is 9.02. The van der Waals surface area contributed by atoms with Crippen molar-refractivity contribution in [2.45, 2.75) is 4.90 Å². The minimum absolute atomic E-state index is 0.225. The van der Waals surface area contributed by atoms with Crippen LogP contribution in [0.3, 0.4) is 0 Å². The Kier molecular flexibility index (Phi) is 7.24. The summed E-state index contributed by atoms with van der Waals surface area (Å²) in [5, 5.41) is -3.62. The van der Waals surface area contributed by atoms with Gasteiger partial charge in [0, 0.05) is 10.7 Å². The van der Waals surface area contributed by atoms with E-state index >= 15 is 0 Å². The number of rotatable bonds is 3. The predicted octanol–water partition coefficient (Wildman–Crippen LogP) is 5.95. The predicted molar refractivity (Wildman–Crippen MR) is 123 cm³/mol. The van der Waals surface area contributed by atoms with E-state index in [-0.39, 0.29) is 9.13 Å². The van der Waals surface area contributed by atoms with Crippen LogP contribution in [-0.4, -0.2) is 18.9 Å². The summed E-state index contributed by atoms with van der Waals surface area (Å²) in [5.74, 6) is -17.9. The largest absolute Gasteiger partial charge is 0.419 e. The lowest BCUT2D eigenvalue weighted by Crippen LogP contribution is -2.16. The Labute approximate surface area is 215 Å². The minimum atomic E-state index is -5.82. The number of carbonyl (C=O) groups excluding carboxylic acids is 1. The average molecular weight is 814 g/mol. The zero-order chi connectivity index (χ0) is 24.3. The van der Waals surface area contributed by atoms with Gasteiger partial charge in [0.15, 0.2) is 34.8 Å². The molecule has 3 aromatic rings. The fraction of sp³-hybridized carbons (Fsp3) is 0. The Bertz CT molecular complexity index is 1450. The fourth-order valence-electron chi connectivity index (χ4n) is 2.67. The Hall–Kier alpha value is -0.930. The number of carbonyl (C=O) groups is 1. The maximum atomic E-state index is 14.7. The maximum absolute atomic E-state index is 14.7. The van der Waals surface area contributed by atoms with Crippen LogP contribution in [-0.2, 0) is 10.1 Å². The third-order valence-electron chi connectivity index (χ3n) is 3.98. The van der Waals surface area contributed by atoms with E-state index in [0.717, 1.165) is 0 Å². The molecular formula is C17H3F6I3O5S. The van der Waals surface area contributed by atoms with Crippen LogP contribution in [0, 0.1) is 45.6 Å². The van der Waals surface area contributed by atoms with E-state index in [2.05, 4.69) is 4.74 Å². The molecule has 5 nitrogen and oxygen atoms in total. The molecule has 3 rings (SSSR count). The van der Waals surface area contributed by atoms with Crippen LogP contribution in [0.1, 0.15) is 10.4 Å². The second-order valence-electron chi connectivity index (χ2n) is 5.91. The molecule has 32 heavy (non-hydrogen) atoms. The van der Waals surface area contributed by atoms with Crippen molar-refractivity contribution in [3.8, 4) is 5.75 Å². The molecule has 170 valence electrons. The van der Waals surface area contributed by atoms with Crippen molar-refractivity contribution in [1.29, 1.82) is 0 Å². The monoisotopic (exact) mass is 814 g/mol. The van der Waals surface area contributed by atoms with E-state index in [1.807, 2.05) is 45.2 Å². The molecule has 0 heterocycles. The van der Waals surface area contributed by atoms with Crippen molar-refractivity contribution in [1.82, 2.24) is 0 Å². The molecule has 0 unspecified atom stereocenters. The van der Waals surface area contributed by atoms with E-state index in [9.17, 15) is 39.6 Å². The minimum Gasteiger partial charge on any atom is -0.419 e. The molecule has 0 aliphatic rings. The smallest absolute Gasteiger partial charge is 0.344 e. The molecule has 0 aliphatic heterocycles. The van der Waals surface area contributed by atoms with Gasteiger partial charge in [-0.05, 0) is 79.9 Å². The second-order valence-corrected chi connectivity index (χ2v) is 10.8. The summed E-state index contributed by atoms with van der Waals surface area (Å²) in [6, 6.07) is 2.90. The Morgan fingerprint density at radius 2 is 1.34 bits per heavy atom. The van der Waals surface area contributed by atoms with Gasteiger partial charge in [0.1, 0.15) is 4.90 Å². The van der Waals surface area contributed by atoms with Gasteiger partial charge in [0.05, 0.1) is 16.3 Å². The molecule has 1 N–H and O–H groups in total. The number of hydrogen-bond donors (Lipinski definition) is 1. The lowest BCUT2D eigenvalue weighted by atomic mass is 10.1. The Balaban J connectivity index is 2.44. The standard InChI is InChI=1S/C17H3F6I3O5S/c18-8-6-7(9(19)11(21)10(8)20)16(32(28,29)30)13(23)12(22)15(6)31-17(27)4-1-3(24)2-5(25)14(4)26/h1-2H,(H,28,29,30). The summed E-state index contributed by atoms with van der Waals surface area (Å²) < 4.78 is 124. The van der Waals surface area contributed by atoms with E-state index in [1.165, 1.54) is 6.07 Å². The average Bonchev–Trinajstić information content (AvgIpc) is 2.69. The molecule has 0 saturated carbocycles. The van der Waals surface area contributed by atoms with E-state index < -0.39 is 72.4 Å². The quantitative estimate of drug-likeness (QED) is 0.0673. The van der Waals surface area contributed by atoms with Crippen molar-refractivity contribution in [2.75, 3.05) is 0 Å². The highest BCUT2D eigenvalue weighted by atomic mass is 127. The fourth-order valence-corrected chi connectivity index (χ4v) is 5.81. The molecule has 0 atom stereocenters. The van der Waals surface area contributed by atoms with Crippen LogP contribution in [0.25, 0.3) is 10.8 Å². The molecule has 15 heteroatoms. The van der Waals surface area contributed by atoms with Gasteiger partial charge in [0.25, 0.3) is 10.1 Å². The summed E-state index contributed by atoms with van der Waals surface area (Å²) in [5.41, 5.74) is -0.225. The molecule has 0 saturated heterocycles. The zero-order valence-electron chi connectivity index (χ0n) is 14.5. The summed E-state index contributed by atoms with van der Waals surface area (Å²) >= 11 is 5.39. The molecule has 0 spiro atoms. The highest BCUT2D eigenvalue weighted by molar-refractivity contribution is 14.1. The van der Waals surface area contributed by atoms with Crippen molar-refractivity contribution in [3.63, 3.8) is 0 Å². The number of ether oxygens (including phenoxy) is 1. The third kappa shape index (κ3) is 4.29. The summed E-state index contributed by atoms with van der Waals surface area (Å²) in [7, 11) is -5.82. The first-order chi connectivity index (χ1) is 14.7. The van der Waals surface area contributed by atoms with E-state index in [0.29, 0.717) is 7.14 Å². The molecule has 0 amide bonds. The van der Waals surface area contributed by atoms with Crippen molar-refractivity contribution >= 4 is 94.6 Å². The normalized spacial score (nSPS) is 11.8. The van der Waals surface area contributed by atoms with Crippen LogP contribution in [0.2, 0.25) is 0 Å². The van der Waals surface area contributed by atoms with Gasteiger partial charge in [0.2, 0.25) is 5.82 Å². The lowest BCUT2D eigenvalue weighted by Gasteiger charge is -2.15. The van der Waals surface area contributed by atoms with Gasteiger partial charge in [-0.3, -0.25) is 4.55 Å². The molecule has 0 aromatic heterocycles. The van der Waals surface area contributed by atoms with Crippen LogP contribution in [0.15, 0.2) is 17.0 Å². The van der Waals surface area contributed by atoms with Gasteiger partial charge in [-0.25, -0.2) is 26.7 Å². The molecule has 0 aliphatic carbocycles. The molecule has 0 radical (unpaired) electrons. The molecule has 0 bridgehead atoms. The van der Waals surface area contributed by atoms with Crippen LogP contribution in [0.4, 0.5) is 26.3 Å². The molecule has 3 aromatic carbocycles. The van der Waals surface area contributed by atoms with Crippen LogP contribution in [0.5, 0.6) is 5.75 Å². The van der Waals surface area contributed by atoms with Crippen molar-refractivity contribution in [3.05, 3.63) is 63.3 Å². The van der Waals surface area contributed by atoms with Gasteiger partial charge in [-0.15, -0.1) is 0 Å². The number of esters is 1. The first kappa shape index (κ1) is 25.7. The number of hydrogen-bond acceptors (Lipinski definition) is 4. The number of fused-ring (bicyclic) bond motifs is 1. The number of benzene rings is 3. The highest BCUT2D eigenvalue weighted by Gasteiger charge is 2.36. The van der Waals surface area contributed by atoms with Crippen LogP contribution < -0.4 is 4.74 Å². The summed E-state index contributed by atoms with van der Waals surface area (Å²) in [6.45, 7) is 0. The van der Waals surface area contributed by atoms with Gasteiger partial charge in [-0.1, -0.05) is 0 Å². The maximum Gasteiger partial charge on any atom is 0.344 e. The topological polar surface area (TPSA) is 80.7 Å².